The van der Waals surface area contributed by atoms with Crippen LogP contribution in [-0.2, 0) is 0 Å². The topological polar surface area (TPSA) is 0 Å². The fourth-order valence-corrected chi connectivity index (χ4v) is 1.08. The molecule has 1 heteroatoms. The van der Waals surface area contributed by atoms with Gasteiger partial charge in [0.25, 0.3) is 0 Å². The summed E-state index contributed by atoms with van der Waals surface area (Å²) in [5.41, 5.74) is 0. The molecule has 1 aliphatic carbocycles. The Kier molecular flexibility index (Phi) is 2.45. The highest BCUT2D eigenvalue weighted by Gasteiger charge is 2.16. The van der Waals surface area contributed by atoms with Crippen LogP contribution in [0.4, 0.5) is 0 Å². The van der Waals surface area contributed by atoms with Crippen LogP contribution < -0.4 is 0 Å². The summed E-state index contributed by atoms with van der Waals surface area (Å²) in [6, 6.07) is 0. The van der Waals surface area contributed by atoms with Gasteiger partial charge in [0.2, 0.25) is 0 Å². The Bertz CT molecular complexity index is 57.4. The fourth-order valence-electron chi connectivity index (χ4n) is 1.08. The first-order chi connectivity index (χ1) is 3.93. The molecule has 0 atom stereocenters. The van der Waals surface area contributed by atoms with Crippen molar-refractivity contribution >= 4 is 7.28 Å². The normalized spacial score (nSPS) is 20.1. The van der Waals surface area contributed by atoms with Gasteiger partial charge in [0.05, 0.1) is 0 Å². The fraction of sp³-hybridized carbons (Fsp3) is 1.00. The predicted molar refractivity (Wildman–Crippen MR) is 38.5 cm³/mol. The number of hydrogen-bond donors (Lipinski definition) is 0. The molecule has 0 aromatic carbocycles. The Balaban J connectivity index is 1.86. The summed E-state index contributed by atoms with van der Waals surface area (Å²) in [7, 11) is 2.49. The summed E-state index contributed by atoms with van der Waals surface area (Å²) in [4.78, 5) is 0. The molecule has 1 radical (unpaired) electrons. The van der Waals surface area contributed by atoms with Crippen LogP contribution in [0.15, 0.2) is 0 Å². The molecule has 0 saturated heterocycles. The van der Waals surface area contributed by atoms with Gasteiger partial charge in [-0.15, -0.1) is 0 Å². The SMILES string of the molecule is CCC[B]C1CCC1. The maximum absolute atomic E-state index is 2.49. The lowest BCUT2D eigenvalue weighted by Gasteiger charge is -2.24. The second-order valence-corrected chi connectivity index (χ2v) is 2.72. The highest BCUT2D eigenvalue weighted by molar-refractivity contribution is 6.37. The van der Waals surface area contributed by atoms with Gasteiger partial charge in [0.15, 0.2) is 0 Å². The minimum Gasteiger partial charge on any atom is -0.0802 e. The van der Waals surface area contributed by atoms with Gasteiger partial charge in [0, 0.05) is 0 Å². The van der Waals surface area contributed by atoms with E-state index < -0.39 is 0 Å². The van der Waals surface area contributed by atoms with E-state index in [1.54, 1.807) is 0 Å². The summed E-state index contributed by atoms with van der Waals surface area (Å²) in [6.07, 6.45) is 7.09. The average molecular weight is 109 g/mol. The van der Waals surface area contributed by atoms with Gasteiger partial charge in [-0.25, -0.2) is 0 Å². The van der Waals surface area contributed by atoms with Gasteiger partial charge in [-0.05, 0) is 0 Å². The summed E-state index contributed by atoms with van der Waals surface area (Å²) in [5, 5.41) is 0. The van der Waals surface area contributed by atoms with Crippen LogP contribution in [0.3, 0.4) is 0 Å². The van der Waals surface area contributed by atoms with Crippen molar-refractivity contribution in [1.29, 1.82) is 0 Å². The number of rotatable bonds is 3. The van der Waals surface area contributed by atoms with Crippen molar-refractivity contribution in [3.05, 3.63) is 0 Å². The molecule has 0 aromatic rings. The molecule has 0 heterocycles. The van der Waals surface area contributed by atoms with Crippen LogP contribution in [0, 0.1) is 0 Å². The lowest BCUT2D eigenvalue weighted by atomic mass is 9.53. The van der Waals surface area contributed by atoms with Crippen LogP contribution in [0.5, 0.6) is 0 Å². The molecule has 0 N–H and O–H groups in total. The Morgan fingerprint density at radius 3 is 2.62 bits per heavy atom. The Hall–Kier alpha value is 0.0649. The van der Waals surface area contributed by atoms with Gasteiger partial charge in [-0.1, -0.05) is 44.7 Å². The summed E-state index contributed by atoms with van der Waals surface area (Å²) in [6.45, 7) is 2.25. The van der Waals surface area contributed by atoms with Crippen molar-refractivity contribution in [2.75, 3.05) is 0 Å². The van der Waals surface area contributed by atoms with Crippen molar-refractivity contribution in [2.24, 2.45) is 0 Å². The number of hydrogen-bond acceptors (Lipinski definition) is 0. The van der Waals surface area contributed by atoms with Crippen LogP contribution in [-0.4, -0.2) is 7.28 Å². The first kappa shape index (κ1) is 6.19. The Morgan fingerprint density at radius 2 is 2.25 bits per heavy atom. The highest BCUT2D eigenvalue weighted by atomic mass is 14.1. The zero-order valence-corrected chi connectivity index (χ0v) is 5.69. The van der Waals surface area contributed by atoms with Crippen LogP contribution in [0.1, 0.15) is 32.6 Å². The lowest BCUT2D eigenvalue weighted by molar-refractivity contribution is 0.497. The van der Waals surface area contributed by atoms with E-state index in [1.807, 2.05) is 0 Å². The largest absolute Gasteiger partial charge is 0.113 e. The monoisotopic (exact) mass is 109 g/mol. The van der Waals surface area contributed by atoms with E-state index in [2.05, 4.69) is 14.2 Å². The molecule has 1 fully saturated rings. The van der Waals surface area contributed by atoms with E-state index in [4.69, 9.17) is 0 Å². The summed E-state index contributed by atoms with van der Waals surface area (Å²) < 4.78 is 0. The molecule has 1 saturated carbocycles. The Labute approximate surface area is 52.9 Å². The summed E-state index contributed by atoms with van der Waals surface area (Å²) in [5.74, 6) is 1.01. The van der Waals surface area contributed by atoms with Crippen LogP contribution in [0.25, 0.3) is 0 Å². The molecule has 0 bridgehead atoms. The molecule has 0 unspecified atom stereocenters. The predicted octanol–water partition coefficient (Wildman–Crippen LogP) is 2.49. The maximum Gasteiger partial charge on any atom is 0.113 e. The van der Waals surface area contributed by atoms with Gasteiger partial charge in [-0.3, -0.25) is 0 Å². The third-order valence-electron chi connectivity index (χ3n) is 1.94. The molecule has 0 spiro atoms. The van der Waals surface area contributed by atoms with Crippen molar-refractivity contribution < 1.29 is 0 Å². The molecule has 1 aliphatic rings. The van der Waals surface area contributed by atoms with Crippen molar-refractivity contribution in [3.63, 3.8) is 0 Å². The molecule has 0 nitrogen and oxygen atoms in total. The third kappa shape index (κ3) is 1.54. The molecule has 0 aromatic heterocycles. The van der Waals surface area contributed by atoms with Gasteiger partial charge in [0.1, 0.15) is 7.28 Å². The van der Waals surface area contributed by atoms with E-state index in [0.717, 1.165) is 5.82 Å². The van der Waals surface area contributed by atoms with Gasteiger partial charge < -0.3 is 0 Å². The summed E-state index contributed by atoms with van der Waals surface area (Å²) >= 11 is 0. The molecule has 45 valence electrons. The highest BCUT2D eigenvalue weighted by Crippen LogP contribution is 2.32. The second kappa shape index (κ2) is 3.16. The average Bonchev–Trinajstić information content (AvgIpc) is 1.63. The quantitative estimate of drug-likeness (QED) is 0.488. The molecule has 8 heavy (non-hydrogen) atoms. The molecule has 0 aliphatic heterocycles. The van der Waals surface area contributed by atoms with E-state index in [1.165, 1.54) is 32.0 Å². The minimum absolute atomic E-state index is 1.01. The van der Waals surface area contributed by atoms with E-state index in [0.29, 0.717) is 0 Å². The zero-order chi connectivity index (χ0) is 5.82. The maximum atomic E-state index is 2.49. The van der Waals surface area contributed by atoms with Crippen LogP contribution >= 0.6 is 0 Å². The molecule has 1 rings (SSSR count). The van der Waals surface area contributed by atoms with E-state index >= 15 is 0 Å². The minimum atomic E-state index is 1.01. The van der Waals surface area contributed by atoms with Crippen molar-refractivity contribution in [1.82, 2.24) is 0 Å². The Morgan fingerprint density at radius 1 is 1.50 bits per heavy atom. The first-order valence-corrected chi connectivity index (χ1v) is 3.77. The van der Waals surface area contributed by atoms with Gasteiger partial charge in [-0.2, -0.15) is 0 Å². The van der Waals surface area contributed by atoms with E-state index in [9.17, 15) is 0 Å². The molecular weight excluding hydrogens is 94.9 g/mol. The second-order valence-electron chi connectivity index (χ2n) is 2.72. The van der Waals surface area contributed by atoms with Crippen molar-refractivity contribution in [2.45, 2.75) is 44.7 Å². The standard InChI is InChI=1S/C7H14B/c1-2-6-8-7-4-3-5-7/h7H,2-6H2,1H3. The molecular formula is C7H14B. The van der Waals surface area contributed by atoms with E-state index in [-0.39, 0.29) is 0 Å². The zero-order valence-electron chi connectivity index (χ0n) is 5.69. The van der Waals surface area contributed by atoms with Gasteiger partial charge >= 0.3 is 0 Å². The first-order valence-electron chi connectivity index (χ1n) is 3.77. The molecule has 0 amide bonds. The third-order valence-corrected chi connectivity index (χ3v) is 1.94. The van der Waals surface area contributed by atoms with Crippen LogP contribution in [0.2, 0.25) is 12.1 Å². The lowest BCUT2D eigenvalue weighted by Crippen LogP contribution is -2.11. The smallest absolute Gasteiger partial charge is 0.0802 e. The van der Waals surface area contributed by atoms with Crippen molar-refractivity contribution in [3.8, 4) is 0 Å².